The van der Waals surface area contributed by atoms with Crippen LogP contribution in [0.3, 0.4) is 0 Å². The molecule has 0 unspecified atom stereocenters. The number of pyridine rings is 1. The van der Waals surface area contributed by atoms with Crippen LogP contribution in [0.25, 0.3) is 22.4 Å². The number of hydrogen-bond acceptors (Lipinski definition) is 4. The van der Waals surface area contributed by atoms with Gasteiger partial charge in [0, 0.05) is 23.4 Å². The summed E-state index contributed by atoms with van der Waals surface area (Å²) < 4.78 is 19.6. The van der Waals surface area contributed by atoms with Gasteiger partial charge < -0.3 is 14.6 Å². The third-order valence-electron chi connectivity index (χ3n) is 5.94. The first-order valence-corrected chi connectivity index (χ1v) is 10.5. The SMILES string of the molecule is Cc1c(F)ccc2[nH]c(-c3ccnc(OCCCCC4CCN(C)CC4)c3)nc12. The molecule has 0 saturated carbocycles. The molecular weight excluding hydrogens is 367 g/mol. The lowest BCUT2D eigenvalue weighted by molar-refractivity contribution is 0.205. The van der Waals surface area contributed by atoms with Crippen molar-refractivity contribution in [3.05, 3.63) is 41.8 Å². The number of hydrogen-bond donors (Lipinski definition) is 1. The Morgan fingerprint density at radius 1 is 1.21 bits per heavy atom. The van der Waals surface area contributed by atoms with Crippen molar-refractivity contribution in [3.63, 3.8) is 0 Å². The zero-order valence-corrected chi connectivity index (χ0v) is 17.2. The van der Waals surface area contributed by atoms with Gasteiger partial charge in [0.15, 0.2) is 0 Å². The van der Waals surface area contributed by atoms with Crippen molar-refractivity contribution in [1.82, 2.24) is 19.9 Å². The summed E-state index contributed by atoms with van der Waals surface area (Å²) in [6.07, 6.45) is 7.90. The molecule has 29 heavy (non-hydrogen) atoms. The number of aromatic amines is 1. The Labute approximate surface area is 171 Å². The van der Waals surface area contributed by atoms with Crippen LogP contribution in [0, 0.1) is 18.7 Å². The highest BCUT2D eigenvalue weighted by Crippen LogP contribution is 2.26. The third-order valence-corrected chi connectivity index (χ3v) is 5.94. The Bertz CT molecular complexity index is 963. The number of fused-ring (bicyclic) bond motifs is 1. The van der Waals surface area contributed by atoms with E-state index in [4.69, 9.17) is 4.74 Å². The number of benzene rings is 1. The Balaban J connectivity index is 1.31. The second kappa shape index (κ2) is 8.91. The molecule has 1 aliphatic rings. The highest BCUT2D eigenvalue weighted by atomic mass is 19.1. The van der Waals surface area contributed by atoms with Crippen molar-refractivity contribution in [3.8, 4) is 17.3 Å². The second-order valence-electron chi connectivity index (χ2n) is 8.13. The maximum Gasteiger partial charge on any atom is 0.213 e. The van der Waals surface area contributed by atoms with Gasteiger partial charge in [-0.2, -0.15) is 0 Å². The Hall–Kier alpha value is -2.47. The summed E-state index contributed by atoms with van der Waals surface area (Å²) in [5.41, 5.74) is 2.93. The van der Waals surface area contributed by atoms with Gasteiger partial charge >= 0.3 is 0 Å². The van der Waals surface area contributed by atoms with E-state index in [1.165, 1.54) is 44.8 Å². The van der Waals surface area contributed by atoms with Crippen molar-refractivity contribution in [2.45, 2.75) is 39.0 Å². The van der Waals surface area contributed by atoms with E-state index in [1.807, 2.05) is 12.1 Å². The van der Waals surface area contributed by atoms with Gasteiger partial charge in [-0.15, -0.1) is 0 Å². The van der Waals surface area contributed by atoms with E-state index >= 15 is 0 Å². The first-order valence-electron chi connectivity index (χ1n) is 10.5. The first kappa shape index (κ1) is 19.8. The molecule has 154 valence electrons. The predicted octanol–water partition coefficient (Wildman–Crippen LogP) is 4.96. The van der Waals surface area contributed by atoms with E-state index in [1.54, 1.807) is 19.2 Å². The molecule has 6 heteroatoms. The fourth-order valence-electron chi connectivity index (χ4n) is 4.02. The Morgan fingerprint density at radius 2 is 2.03 bits per heavy atom. The molecule has 0 spiro atoms. The number of unbranched alkanes of at least 4 members (excludes halogenated alkanes) is 1. The molecule has 4 rings (SSSR count). The van der Waals surface area contributed by atoms with Gasteiger partial charge in [0.1, 0.15) is 11.6 Å². The van der Waals surface area contributed by atoms with Crippen LogP contribution >= 0.6 is 0 Å². The van der Waals surface area contributed by atoms with Crippen LogP contribution in [0.2, 0.25) is 0 Å². The fraction of sp³-hybridized carbons (Fsp3) is 0.478. The smallest absolute Gasteiger partial charge is 0.213 e. The van der Waals surface area contributed by atoms with Crippen LogP contribution in [0.1, 0.15) is 37.7 Å². The molecule has 0 aliphatic carbocycles. The largest absolute Gasteiger partial charge is 0.478 e. The molecule has 2 aromatic heterocycles. The average molecular weight is 397 g/mol. The number of nitrogens with zero attached hydrogens (tertiary/aromatic N) is 3. The Morgan fingerprint density at radius 3 is 2.86 bits per heavy atom. The summed E-state index contributed by atoms with van der Waals surface area (Å²) in [6.45, 7) is 4.88. The summed E-state index contributed by atoms with van der Waals surface area (Å²) in [5, 5.41) is 0. The van der Waals surface area contributed by atoms with Gasteiger partial charge in [-0.1, -0.05) is 6.42 Å². The predicted molar refractivity (Wildman–Crippen MR) is 114 cm³/mol. The molecule has 0 atom stereocenters. The van der Waals surface area contributed by atoms with E-state index in [2.05, 4.69) is 26.9 Å². The molecule has 5 nitrogen and oxygen atoms in total. The number of ether oxygens (including phenoxy) is 1. The summed E-state index contributed by atoms with van der Waals surface area (Å²) in [4.78, 5) is 14.6. The second-order valence-corrected chi connectivity index (χ2v) is 8.13. The maximum atomic E-state index is 13.8. The molecule has 1 saturated heterocycles. The monoisotopic (exact) mass is 396 g/mol. The average Bonchev–Trinajstić information content (AvgIpc) is 3.17. The molecule has 0 radical (unpaired) electrons. The molecule has 3 heterocycles. The molecule has 1 aliphatic heterocycles. The van der Waals surface area contributed by atoms with Gasteiger partial charge in [0.2, 0.25) is 5.88 Å². The number of H-pyrrole nitrogens is 1. The zero-order valence-electron chi connectivity index (χ0n) is 17.2. The minimum absolute atomic E-state index is 0.241. The molecule has 1 aromatic carbocycles. The lowest BCUT2D eigenvalue weighted by atomic mass is 9.92. The number of likely N-dealkylation sites (tertiary alicyclic amines) is 1. The van der Waals surface area contributed by atoms with Crippen LogP contribution in [-0.4, -0.2) is 46.6 Å². The highest BCUT2D eigenvalue weighted by molar-refractivity contribution is 5.82. The third kappa shape index (κ3) is 4.75. The lowest BCUT2D eigenvalue weighted by Gasteiger charge is -2.28. The molecule has 1 N–H and O–H groups in total. The standard InChI is InChI=1S/C23H29FN4O/c1-16-19(24)6-7-20-22(16)27-23(26-20)18-8-11-25-21(15-18)29-14-4-3-5-17-9-12-28(2)13-10-17/h6-8,11,15,17H,3-5,9-10,12-14H2,1-2H3,(H,26,27). The van der Waals surface area contributed by atoms with Crippen molar-refractivity contribution in [2.75, 3.05) is 26.7 Å². The first-order chi connectivity index (χ1) is 14.1. The number of halogens is 1. The quantitative estimate of drug-likeness (QED) is 0.573. The van der Waals surface area contributed by atoms with Gasteiger partial charge in [0.05, 0.1) is 17.6 Å². The van der Waals surface area contributed by atoms with Crippen molar-refractivity contribution < 1.29 is 9.13 Å². The Kier molecular flexibility index (Phi) is 6.09. The number of piperidine rings is 1. The fourth-order valence-corrected chi connectivity index (χ4v) is 4.02. The van der Waals surface area contributed by atoms with Gasteiger partial charge in [0.25, 0.3) is 0 Å². The molecule has 1 fully saturated rings. The van der Waals surface area contributed by atoms with Crippen molar-refractivity contribution >= 4 is 11.0 Å². The van der Waals surface area contributed by atoms with E-state index in [-0.39, 0.29) is 5.82 Å². The lowest BCUT2D eigenvalue weighted by Crippen LogP contribution is -2.30. The van der Waals surface area contributed by atoms with E-state index in [0.717, 1.165) is 23.4 Å². The summed E-state index contributed by atoms with van der Waals surface area (Å²) in [6, 6.07) is 6.96. The highest BCUT2D eigenvalue weighted by Gasteiger charge is 2.16. The normalized spacial score (nSPS) is 15.8. The van der Waals surface area contributed by atoms with Crippen LogP contribution in [0.15, 0.2) is 30.5 Å². The van der Waals surface area contributed by atoms with Crippen molar-refractivity contribution in [2.24, 2.45) is 5.92 Å². The van der Waals surface area contributed by atoms with Crippen LogP contribution < -0.4 is 4.74 Å². The summed E-state index contributed by atoms with van der Waals surface area (Å²) in [7, 11) is 2.20. The van der Waals surface area contributed by atoms with Gasteiger partial charge in [-0.25, -0.2) is 14.4 Å². The topological polar surface area (TPSA) is 54.0 Å². The van der Waals surface area contributed by atoms with Gasteiger partial charge in [-0.3, -0.25) is 0 Å². The summed E-state index contributed by atoms with van der Waals surface area (Å²) >= 11 is 0. The zero-order chi connectivity index (χ0) is 20.2. The minimum Gasteiger partial charge on any atom is -0.478 e. The number of aromatic nitrogens is 3. The van der Waals surface area contributed by atoms with Crippen LogP contribution in [0.4, 0.5) is 4.39 Å². The maximum absolute atomic E-state index is 13.8. The molecule has 0 amide bonds. The van der Waals surface area contributed by atoms with Crippen molar-refractivity contribution in [1.29, 1.82) is 0 Å². The van der Waals surface area contributed by atoms with Crippen LogP contribution in [-0.2, 0) is 0 Å². The number of imidazole rings is 1. The number of nitrogens with one attached hydrogen (secondary N) is 1. The number of rotatable bonds is 7. The van der Waals surface area contributed by atoms with E-state index < -0.39 is 0 Å². The minimum atomic E-state index is -0.241. The van der Waals surface area contributed by atoms with Crippen LogP contribution in [0.5, 0.6) is 5.88 Å². The molecule has 3 aromatic rings. The summed E-state index contributed by atoms with van der Waals surface area (Å²) in [5.74, 6) is 1.93. The van der Waals surface area contributed by atoms with E-state index in [9.17, 15) is 4.39 Å². The van der Waals surface area contributed by atoms with Gasteiger partial charge in [-0.05, 0) is 76.9 Å². The molecular formula is C23H29FN4O. The molecule has 0 bridgehead atoms. The number of aryl methyl sites for hydroxylation is 1. The van der Waals surface area contributed by atoms with E-state index in [0.29, 0.717) is 29.4 Å².